The Balaban J connectivity index is 1.87. The van der Waals surface area contributed by atoms with Gasteiger partial charge < -0.3 is 5.32 Å². The Labute approximate surface area is 88.3 Å². The van der Waals surface area contributed by atoms with Crippen LogP contribution in [0.2, 0.25) is 0 Å². The fourth-order valence-electron chi connectivity index (χ4n) is 1.64. The Morgan fingerprint density at radius 3 is 2.80 bits per heavy atom. The zero-order valence-corrected chi connectivity index (χ0v) is 8.75. The molecule has 1 aliphatic heterocycles. The summed E-state index contributed by atoms with van der Waals surface area (Å²) in [6.45, 7) is 2.01. The molecule has 5 nitrogen and oxygen atoms in total. The van der Waals surface area contributed by atoms with E-state index in [1.54, 1.807) is 0 Å². The molecule has 0 saturated heterocycles. The van der Waals surface area contributed by atoms with Crippen LogP contribution in [0, 0.1) is 5.92 Å². The number of amides is 2. The first kappa shape index (κ1) is 10.1. The van der Waals surface area contributed by atoms with E-state index >= 15 is 0 Å². The maximum Gasteiger partial charge on any atom is 0.267 e. The van der Waals surface area contributed by atoms with Crippen LogP contribution in [-0.4, -0.2) is 23.6 Å². The fourth-order valence-corrected chi connectivity index (χ4v) is 1.64. The molecule has 0 aromatic heterocycles. The Morgan fingerprint density at radius 2 is 2.27 bits per heavy atom. The topological polar surface area (TPSA) is 70.6 Å². The largest absolute Gasteiger partial charge is 0.348 e. The van der Waals surface area contributed by atoms with Crippen LogP contribution in [0.1, 0.15) is 32.6 Å². The lowest BCUT2D eigenvalue weighted by molar-refractivity contribution is -0.121. The predicted molar refractivity (Wildman–Crippen MR) is 55.1 cm³/mol. The number of hydrazone groups is 1. The smallest absolute Gasteiger partial charge is 0.267 e. The van der Waals surface area contributed by atoms with Gasteiger partial charge in [0.05, 0.1) is 0 Å². The second kappa shape index (κ2) is 4.00. The Kier molecular flexibility index (Phi) is 2.70. The molecule has 1 unspecified atom stereocenters. The Morgan fingerprint density at radius 1 is 1.53 bits per heavy atom. The van der Waals surface area contributed by atoms with Crippen molar-refractivity contribution in [3.8, 4) is 0 Å². The minimum absolute atomic E-state index is 0.123. The molecule has 2 amide bonds. The standard InChI is InChI=1S/C10H15N3O2/c1-6(7-2-3-7)11-10(15)8-4-5-9(14)13-12-8/h6-7H,2-5H2,1H3,(H,11,15)(H,13,14). The van der Waals surface area contributed by atoms with Crippen LogP contribution in [-0.2, 0) is 9.59 Å². The first-order chi connectivity index (χ1) is 7.16. The highest BCUT2D eigenvalue weighted by molar-refractivity contribution is 6.39. The quantitative estimate of drug-likeness (QED) is 0.695. The van der Waals surface area contributed by atoms with Crippen LogP contribution in [0.3, 0.4) is 0 Å². The van der Waals surface area contributed by atoms with Crippen molar-refractivity contribution in [3.63, 3.8) is 0 Å². The number of carbonyl (C=O) groups is 2. The van der Waals surface area contributed by atoms with Crippen molar-refractivity contribution in [3.05, 3.63) is 0 Å². The van der Waals surface area contributed by atoms with Gasteiger partial charge in [0.25, 0.3) is 5.91 Å². The molecule has 1 atom stereocenters. The van der Waals surface area contributed by atoms with Gasteiger partial charge in [0.2, 0.25) is 5.91 Å². The molecule has 15 heavy (non-hydrogen) atoms. The van der Waals surface area contributed by atoms with Crippen molar-refractivity contribution in [2.75, 3.05) is 0 Å². The molecule has 0 aromatic rings. The summed E-state index contributed by atoms with van der Waals surface area (Å²) in [6, 6.07) is 0.220. The maximum atomic E-state index is 11.7. The average Bonchev–Trinajstić information content (AvgIpc) is 3.01. The minimum Gasteiger partial charge on any atom is -0.348 e. The van der Waals surface area contributed by atoms with E-state index in [0.29, 0.717) is 24.5 Å². The highest BCUT2D eigenvalue weighted by Gasteiger charge is 2.30. The van der Waals surface area contributed by atoms with E-state index in [-0.39, 0.29) is 17.9 Å². The monoisotopic (exact) mass is 209 g/mol. The van der Waals surface area contributed by atoms with Crippen LogP contribution in [0.25, 0.3) is 0 Å². The predicted octanol–water partition coefficient (Wildman–Crippen LogP) is 0.167. The van der Waals surface area contributed by atoms with Crippen molar-refractivity contribution < 1.29 is 9.59 Å². The van der Waals surface area contributed by atoms with Gasteiger partial charge in [0.1, 0.15) is 5.71 Å². The lowest BCUT2D eigenvalue weighted by Gasteiger charge is -2.15. The summed E-state index contributed by atoms with van der Waals surface area (Å²) in [7, 11) is 0. The lowest BCUT2D eigenvalue weighted by Crippen LogP contribution is -2.41. The van der Waals surface area contributed by atoms with Crippen LogP contribution in [0.4, 0.5) is 0 Å². The van der Waals surface area contributed by atoms with Gasteiger partial charge >= 0.3 is 0 Å². The van der Waals surface area contributed by atoms with Gasteiger partial charge in [-0.1, -0.05) is 0 Å². The first-order valence-corrected chi connectivity index (χ1v) is 5.33. The maximum absolute atomic E-state index is 11.7. The van der Waals surface area contributed by atoms with Crippen LogP contribution >= 0.6 is 0 Å². The Bertz CT molecular complexity index is 321. The zero-order valence-electron chi connectivity index (χ0n) is 8.75. The molecule has 1 heterocycles. The van der Waals surface area contributed by atoms with Crippen molar-refractivity contribution in [1.29, 1.82) is 0 Å². The first-order valence-electron chi connectivity index (χ1n) is 5.33. The molecule has 5 heteroatoms. The molecule has 1 saturated carbocycles. The third-order valence-corrected chi connectivity index (χ3v) is 2.85. The minimum atomic E-state index is -0.144. The van der Waals surface area contributed by atoms with Gasteiger partial charge in [0, 0.05) is 18.9 Å². The van der Waals surface area contributed by atoms with Gasteiger partial charge in [-0.15, -0.1) is 0 Å². The molecule has 1 fully saturated rings. The molecular weight excluding hydrogens is 194 g/mol. The highest BCUT2D eigenvalue weighted by atomic mass is 16.2. The van der Waals surface area contributed by atoms with Crippen molar-refractivity contribution in [2.24, 2.45) is 11.0 Å². The lowest BCUT2D eigenvalue weighted by atomic mass is 10.1. The van der Waals surface area contributed by atoms with E-state index in [9.17, 15) is 9.59 Å². The average molecular weight is 209 g/mol. The summed E-state index contributed by atoms with van der Waals surface area (Å²) < 4.78 is 0. The third-order valence-electron chi connectivity index (χ3n) is 2.85. The van der Waals surface area contributed by atoms with Gasteiger partial charge in [-0.2, -0.15) is 5.10 Å². The number of nitrogens with zero attached hydrogens (tertiary/aromatic N) is 1. The van der Waals surface area contributed by atoms with Crippen LogP contribution in [0.5, 0.6) is 0 Å². The van der Waals surface area contributed by atoms with Gasteiger partial charge in [-0.3, -0.25) is 9.59 Å². The Hall–Kier alpha value is -1.39. The van der Waals surface area contributed by atoms with E-state index in [2.05, 4.69) is 15.8 Å². The zero-order chi connectivity index (χ0) is 10.8. The normalized spacial score (nSPS) is 22.7. The summed E-state index contributed by atoms with van der Waals surface area (Å²) in [5, 5.41) is 6.65. The SMILES string of the molecule is CC(NC(=O)C1=NNC(=O)CC1)C1CC1. The van der Waals surface area contributed by atoms with E-state index in [1.165, 1.54) is 12.8 Å². The highest BCUT2D eigenvalue weighted by Crippen LogP contribution is 2.32. The van der Waals surface area contributed by atoms with E-state index < -0.39 is 0 Å². The molecule has 2 N–H and O–H groups in total. The summed E-state index contributed by atoms with van der Waals surface area (Å²) >= 11 is 0. The van der Waals surface area contributed by atoms with E-state index in [1.807, 2.05) is 6.92 Å². The number of rotatable bonds is 3. The summed E-state index contributed by atoms with van der Waals surface area (Å²) in [5.74, 6) is 0.365. The number of hydrogen-bond acceptors (Lipinski definition) is 3. The van der Waals surface area contributed by atoms with Crippen LogP contribution < -0.4 is 10.7 Å². The summed E-state index contributed by atoms with van der Waals surface area (Å²) in [4.78, 5) is 22.5. The molecule has 0 aromatic carbocycles. The van der Waals surface area contributed by atoms with Crippen molar-refractivity contribution in [1.82, 2.24) is 10.7 Å². The molecule has 0 spiro atoms. The van der Waals surface area contributed by atoms with Crippen molar-refractivity contribution >= 4 is 17.5 Å². The summed E-state index contributed by atoms with van der Waals surface area (Å²) in [5.41, 5.74) is 2.75. The van der Waals surface area contributed by atoms with E-state index in [4.69, 9.17) is 0 Å². The molecule has 1 aliphatic carbocycles. The second-order valence-corrected chi connectivity index (χ2v) is 4.19. The van der Waals surface area contributed by atoms with E-state index in [0.717, 1.165) is 0 Å². The van der Waals surface area contributed by atoms with Gasteiger partial charge in [-0.05, 0) is 25.7 Å². The summed E-state index contributed by atoms with van der Waals surface area (Å²) in [6.07, 6.45) is 3.19. The molecule has 0 radical (unpaired) electrons. The molecule has 0 bridgehead atoms. The number of carbonyl (C=O) groups excluding carboxylic acids is 2. The molecule has 2 aliphatic rings. The molecular formula is C10H15N3O2. The van der Waals surface area contributed by atoms with Gasteiger partial charge in [-0.25, -0.2) is 5.43 Å². The fraction of sp³-hybridized carbons (Fsp3) is 0.700. The number of hydrogen-bond donors (Lipinski definition) is 2. The van der Waals surface area contributed by atoms with Crippen molar-refractivity contribution in [2.45, 2.75) is 38.6 Å². The molecule has 2 rings (SSSR count). The molecule has 82 valence electrons. The third kappa shape index (κ3) is 2.55. The second-order valence-electron chi connectivity index (χ2n) is 4.19. The van der Waals surface area contributed by atoms with Gasteiger partial charge in [0.15, 0.2) is 0 Å². The number of nitrogens with one attached hydrogen (secondary N) is 2. The van der Waals surface area contributed by atoms with Crippen LogP contribution in [0.15, 0.2) is 5.10 Å².